The van der Waals surface area contributed by atoms with Crippen molar-refractivity contribution in [3.63, 3.8) is 0 Å². The van der Waals surface area contributed by atoms with Crippen LogP contribution in [-0.4, -0.2) is 13.4 Å². The van der Waals surface area contributed by atoms with Gasteiger partial charge in [-0.1, -0.05) is 42.1 Å². The summed E-state index contributed by atoms with van der Waals surface area (Å²) >= 11 is 1.60. The Kier molecular flexibility index (Phi) is 3.74. The zero-order chi connectivity index (χ0) is 8.81. The van der Waals surface area contributed by atoms with E-state index in [1.54, 1.807) is 18.9 Å². The second kappa shape index (κ2) is 4.88. The topological polar surface area (TPSA) is 9.23 Å². The van der Waals surface area contributed by atoms with E-state index in [1.807, 2.05) is 30.5 Å². The van der Waals surface area contributed by atoms with Crippen LogP contribution in [0.4, 0.5) is 0 Å². The summed E-state index contributed by atoms with van der Waals surface area (Å²) in [6.07, 6.45) is 4.02. The predicted molar refractivity (Wildman–Crippen MR) is 54.9 cm³/mol. The number of hydrogen-bond donors (Lipinski definition) is 0. The summed E-state index contributed by atoms with van der Waals surface area (Å²) in [5.41, 5.74) is 1.17. The quantitative estimate of drug-likeness (QED) is 0.661. The zero-order valence-electron chi connectivity index (χ0n) is 7.28. The molecule has 1 rings (SSSR count). The molecule has 0 amide bonds. The van der Waals surface area contributed by atoms with Gasteiger partial charge in [-0.25, -0.2) is 0 Å². The molecule has 0 bridgehead atoms. The van der Waals surface area contributed by atoms with Gasteiger partial charge in [-0.3, -0.25) is 0 Å². The summed E-state index contributed by atoms with van der Waals surface area (Å²) in [5.74, 6) is 0. The van der Waals surface area contributed by atoms with Crippen LogP contribution in [0, 0.1) is 0 Å². The molecule has 64 valence electrons. The van der Waals surface area contributed by atoms with Crippen molar-refractivity contribution in [2.45, 2.75) is 0 Å². The van der Waals surface area contributed by atoms with E-state index in [0.717, 1.165) is 5.09 Å². The van der Waals surface area contributed by atoms with Gasteiger partial charge in [0.05, 0.1) is 7.11 Å². The van der Waals surface area contributed by atoms with Crippen molar-refractivity contribution in [3.8, 4) is 0 Å². The first kappa shape index (κ1) is 9.20. The number of ether oxygens (including phenoxy) is 1. The van der Waals surface area contributed by atoms with E-state index in [2.05, 4.69) is 12.1 Å². The van der Waals surface area contributed by atoms with Crippen molar-refractivity contribution < 1.29 is 4.74 Å². The third-order valence-corrected chi connectivity index (χ3v) is 2.17. The third kappa shape index (κ3) is 2.62. The number of thioether (sulfide) groups is 1. The van der Waals surface area contributed by atoms with Crippen LogP contribution < -0.4 is 0 Å². The van der Waals surface area contributed by atoms with Gasteiger partial charge >= 0.3 is 0 Å². The summed E-state index contributed by atoms with van der Waals surface area (Å²) in [4.78, 5) is 0. The van der Waals surface area contributed by atoms with E-state index < -0.39 is 0 Å². The van der Waals surface area contributed by atoms with Gasteiger partial charge in [0.15, 0.2) is 5.09 Å². The van der Waals surface area contributed by atoms with Gasteiger partial charge in [-0.2, -0.15) is 0 Å². The number of rotatable bonds is 3. The molecule has 0 saturated carbocycles. The molecule has 0 atom stereocenters. The summed E-state index contributed by atoms with van der Waals surface area (Å²) < 4.78 is 5.13. The predicted octanol–water partition coefficient (Wildman–Crippen LogP) is 2.99. The van der Waals surface area contributed by atoms with Crippen molar-refractivity contribution in [1.82, 2.24) is 0 Å². The zero-order valence-corrected chi connectivity index (χ0v) is 8.10. The van der Waals surface area contributed by atoms with E-state index in [9.17, 15) is 0 Å². The van der Waals surface area contributed by atoms with E-state index in [-0.39, 0.29) is 0 Å². The van der Waals surface area contributed by atoms with Crippen LogP contribution in [0.3, 0.4) is 0 Å². The van der Waals surface area contributed by atoms with Crippen LogP contribution in [-0.2, 0) is 4.74 Å². The molecule has 1 aromatic carbocycles. The molecule has 0 radical (unpaired) electrons. The molecule has 12 heavy (non-hydrogen) atoms. The fourth-order valence-corrected chi connectivity index (χ4v) is 1.31. The Morgan fingerprint density at radius 1 is 1.33 bits per heavy atom. The first-order valence-corrected chi connectivity index (χ1v) is 4.94. The molecule has 2 heteroatoms. The number of methoxy groups -OCH3 is 1. The fraction of sp³-hybridized carbons (Fsp3) is 0.200. The average molecular weight is 180 g/mol. The van der Waals surface area contributed by atoms with Gasteiger partial charge in [0.1, 0.15) is 0 Å². The van der Waals surface area contributed by atoms with Gasteiger partial charge in [-0.05, 0) is 17.9 Å². The van der Waals surface area contributed by atoms with Crippen molar-refractivity contribution in [1.29, 1.82) is 0 Å². The van der Waals surface area contributed by atoms with Crippen LogP contribution in [0.25, 0.3) is 6.08 Å². The fourth-order valence-electron chi connectivity index (χ4n) is 0.887. The maximum Gasteiger partial charge on any atom is 0.153 e. The van der Waals surface area contributed by atoms with Crippen molar-refractivity contribution in [2.75, 3.05) is 13.4 Å². The second-order valence-corrected chi connectivity index (χ2v) is 3.09. The average Bonchev–Trinajstić information content (AvgIpc) is 2.16. The molecule has 1 aromatic rings. The maximum atomic E-state index is 5.13. The second-order valence-electron chi connectivity index (χ2n) is 2.28. The first-order chi connectivity index (χ1) is 5.86. The normalized spacial score (nSPS) is 11.3. The van der Waals surface area contributed by atoms with Crippen LogP contribution in [0.5, 0.6) is 0 Å². The Morgan fingerprint density at radius 2 is 2.00 bits per heavy atom. The lowest BCUT2D eigenvalue weighted by atomic mass is 10.2. The molecule has 0 heterocycles. The Morgan fingerprint density at radius 3 is 2.50 bits per heavy atom. The molecule has 0 aliphatic heterocycles. The lowest BCUT2D eigenvalue weighted by Gasteiger charge is -2.00. The highest BCUT2D eigenvalue weighted by Gasteiger charge is 1.92. The molecule has 0 spiro atoms. The number of hydrogen-bond acceptors (Lipinski definition) is 2. The van der Waals surface area contributed by atoms with Gasteiger partial charge in [0.2, 0.25) is 0 Å². The van der Waals surface area contributed by atoms with Crippen molar-refractivity contribution in [2.24, 2.45) is 0 Å². The molecular formula is C10H12OS. The van der Waals surface area contributed by atoms with Crippen molar-refractivity contribution in [3.05, 3.63) is 41.0 Å². The highest BCUT2D eigenvalue weighted by Crippen LogP contribution is 2.15. The van der Waals surface area contributed by atoms with E-state index >= 15 is 0 Å². The highest BCUT2D eigenvalue weighted by atomic mass is 32.2. The largest absolute Gasteiger partial charge is 0.491 e. The third-order valence-electron chi connectivity index (χ3n) is 1.49. The van der Waals surface area contributed by atoms with Crippen molar-refractivity contribution >= 4 is 17.8 Å². The number of benzene rings is 1. The monoisotopic (exact) mass is 180 g/mol. The van der Waals surface area contributed by atoms with Crippen LogP contribution in [0.2, 0.25) is 0 Å². The minimum Gasteiger partial charge on any atom is -0.491 e. The summed E-state index contributed by atoms with van der Waals surface area (Å²) in [7, 11) is 1.69. The summed E-state index contributed by atoms with van der Waals surface area (Å²) in [6.45, 7) is 0. The molecule has 0 fully saturated rings. The summed E-state index contributed by atoms with van der Waals surface area (Å²) in [6, 6.07) is 10.1. The van der Waals surface area contributed by atoms with Gasteiger partial charge in [-0.15, -0.1) is 0 Å². The molecule has 0 aliphatic rings. The molecular weight excluding hydrogens is 168 g/mol. The Balaban J connectivity index is 2.79. The van der Waals surface area contributed by atoms with Crippen LogP contribution in [0.1, 0.15) is 5.56 Å². The maximum absolute atomic E-state index is 5.13. The lowest BCUT2D eigenvalue weighted by molar-refractivity contribution is 0.328. The summed E-state index contributed by atoms with van der Waals surface area (Å²) in [5, 5.41) is 0.932. The first-order valence-electron chi connectivity index (χ1n) is 3.71. The standard InChI is InChI=1S/C10H12OS/c1-11-10(12-2)8-9-6-4-3-5-7-9/h3-8H,1-2H3/b10-8+. The Hall–Kier alpha value is -0.890. The van der Waals surface area contributed by atoms with Gasteiger partial charge in [0.25, 0.3) is 0 Å². The molecule has 0 N–H and O–H groups in total. The molecule has 0 unspecified atom stereocenters. The van der Waals surface area contributed by atoms with E-state index in [0.29, 0.717) is 0 Å². The van der Waals surface area contributed by atoms with Crippen LogP contribution in [0.15, 0.2) is 35.4 Å². The molecule has 0 aromatic heterocycles. The minimum absolute atomic E-state index is 0.932. The Labute approximate surface area is 77.4 Å². The van der Waals surface area contributed by atoms with Gasteiger partial charge < -0.3 is 4.74 Å². The Bertz CT molecular complexity index is 248. The lowest BCUT2D eigenvalue weighted by Crippen LogP contribution is -1.79. The van der Waals surface area contributed by atoms with E-state index in [4.69, 9.17) is 4.74 Å². The molecule has 0 aliphatic carbocycles. The van der Waals surface area contributed by atoms with E-state index in [1.165, 1.54) is 5.56 Å². The van der Waals surface area contributed by atoms with Crippen LogP contribution >= 0.6 is 11.8 Å². The molecule has 0 saturated heterocycles. The molecule has 1 nitrogen and oxygen atoms in total. The highest BCUT2D eigenvalue weighted by molar-refractivity contribution is 8.02. The van der Waals surface area contributed by atoms with Gasteiger partial charge in [0, 0.05) is 0 Å². The SMILES string of the molecule is CO/C(=C\c1ccccc1)SC. The smallest absolute Gasteiger partial charge is 0.153 e. The minimum atomic E-state index is 0.932.